The minimum Gasteiger partial charge on any atom is -0.252 e. The molecule has 1 N–H and O–H groups in total. The third-order valence-electron chi connectivity index (χ3n) is 2.41. The normalized spacial score (nSPS) is 11.5. The van der Waals surface area contributed by atoms with Crippen molar-refractivity contribution in [3.8, 4) is 0 Å². The van der Waals surface area contributed by atoms with Crippen molar-refractivity contribution in [3.63, 3.8) is 0 Å². The first-order valence-corrected chi connectivity index (χ1v) is 4.73. The lowest BCUT2D eigenvalue weighted by atomic mass is 9.97. The van der Waals surface area contributed by atoms with Gasteiger partial charge in [-0.25, -0.2) is 0 Å². The molecule has 0 aliphatic rings. The summed E-state index contributed by atoms with van der Waals surface area (Å²) in [6, 6.07) is 3.91. The maximum atomic E-state index is 13.4. The fraction of sp³-hybridized carbons (Fsp3) is 0.364. The molecule has 14 heavy (non-hydrogen) atoms. The average Bonchev–Trinajstić information content (AvgIpc) is 2.46. The van der Waals surface area contributed by atoms with E-state index >= 15 is 0 Å². The van der Waals surface area contributed by atoms with Crippen LogP contribution in [0.5, 0.6) is 0 Å². The maximum Gasteiger partial charge on any atom is 0.217 e. The molecule has 0 saturated carbocycles. The summed E-state index contributed by atoms with van der Waals surface area (Å²) in [6.45, 7) is 6.11. The molecule has 74 valence electrons. The molecule has 0 unspecified atom stereocenters. The van der Waals surface area contributed by atoms with Gasteiger partial charge < -0.3 is 0 Å². The number of hydrogen-bond donors (Lipinski definition) is 1. The minimum atomic E-state index is -0.330. The first kappa shape index (κ1) is 9.19. The van der Waals surface area contributed by atoms with E-state index in [-0.39, 0.29) is 5.95 Å². The lowest BCUT2D eigenvalue weighted by Crippen LogP contribution is -1.91. The predicted octanol–water partition coefficient (Wildman–Crippen LogP) is 3.13. The third kappa shape index (κ3) is 1.29. The molecule has 0 aliphatic carbocycles. The summed E-state index contributed by atoms with van der Waals surface area (Å²) < 4.78 is 13.4. The number of nitrogens with zero attached hydrogens (tertiary/aromatic N) is 1. The number of aromatic nitrogens is 2. The highest BCUT2D eigenvalue weighted by Gasteiger charge is 2.12. The van der Waals surface area contributed by atoms with Crippen LogP contribution < -0.4 is 0 Å². The zero-order valence-corrected chi connectivity index (χ0v) is 8.56. The molecular formula is C11H13FN2. The lowest BCUT2D eigenvalue weighted by Gasteiger charge is -2.07. The Balaban J connectivity index is 2.83. The standard InChI is InChI=1S/C11H13FN2/c1-6(2)8-4-7(3)5-9-10(8)11(12)14-13-9/h4-6H,1-3H3,(H,13,14). The summed E-state index contributed by atoms with van der Waals surface area (Å²) in [5, 5.41) is 6.93. The smallest absolute Gasteiger partial charge is 0.217 e. The van der Waals surface area contributed by atoms with Gasteiger partial charge in [-0.15, -0.1) is 0 Å². The van der Waals surface area contributed by atoms with Crippen LogP contribution in [0.3, 0.4) is 0 Å². The second-order valence-corrected chi connectivity index (χ2v) is 3.94. The van der Waals surface area contributed by atoms with Crippen LogP contribution in [-0.2, 0) is 0 Å². The van der Waals surface area contributed by atoms with Gasteiger partial charge in [0.2, 0.25) is 5.95 Å². The van der Waals surface area contributed by atoms with Gasteiger partial charge in [0.05, 0.1) is 10.9 Å². The van der Waals surface area contributed by atoms with Crippen molar-refractivity contribution < 1.29 is 4.39 Å². The van der Waals surface area contributed by atoms with Gasteiger partial charge in [-0.05, 0) is 30.0 Å². The van der Waals surface area contributed by atoms with Gasteiger partial charge in [-0.1, -0.05) is 19.9 Å². The third-order valence-corrected chi connectivity index (χ3v) is 2.41. The van der Waals surface area contributed by atoms with E-state index in [1.54, 1.807) is 0 Å². The highest BCUT2D eigenvalue weighted by Crippen LogP contribution is 2.27. The lowest BCUT2D eigenvalue weighted by molar-refractivity contribution is 0.587. The van der Waals surface area contributed by atoms with Crippen LogP contribution in [0, 0.1) is 12.9 Å². The number of benzene rings is 1. The van der Waals surface area contributed by atoms with Crippen LogP contribution in [0.25, 0.3) is 10.9 Å². The van der Waals surface area contributed by atoms with Crippen LogP contribution >= 0.6 is 0 Å². The summed E-state index contributed by atoms with van der Waals surface area (Å²) in [4.78, 5) is 0. The Labute approximate surface area is 82.1 Å². The molecule has 0 radical (unpaired) electrons. The summed E-state index contributed by atoms with van der Waals surface area (Å²) in [5.74, 6) is -0.0202. The van der Waals surface area contributed by atoms with Crippen LogP contribution in [0.15, 0.2) is 12.1 Å². The summed E-state index contributed by atoms with van der Waals surface area (Å²) in [6.07, 6.45) is 0. The zero-order chi connectivity index (χ0) is 10.3. The minimum absolute atomic E-state index is 0.310. The number of hydrogen-bond acceptors (Lipinski definition) is 1. The highest BCUT2D eigenvalue weighted by atomic mass is 19.1. The van der Waals surface area contributed by atoms with Gasteiger partial charge in [-0.3, -0.25) is 5.10 Å². The summed E-state index contributed by atoms with van der Waals surface area (Å²) in [7, 11) is 0. The molecule has 2 aromatic rings. The van der Waals surface area contributed by atoms with E-state index in [0.29, 0.717) is 16.8 Å². The van der Waals surface area contributed by atoms with Gasteiger partial charge in [0, 0.05) is 0 Å². The van der Waals surface area contributed by atoms with Gasteiger partial charge in [0.15, 0.2) is 0 Å². The van der Waals surface area contributed by atoms with Gasteiger partial charge in [-0.2, -0.15) is 9.49 Å². The van der Waals surface area contributed by atoms with Crippen molar-refractivity contribution in [3.05, 3.63) is 29.2 Å². The Morgan fingerprint density at radius 3 is 2.71 bits per heavy atom. The fourth-order valence-electron chi connectivity index (χ4n) is 1.74. The van der Waals surface area contributed by atoms with Crippen LogP contribution in [0.4, 0.5) is 4.39 Å². The van der Waals surface area contributed by atoms with Gasteiger partial charge in [0.1, 0.15) is 0 Å². The summed E-state index contributed by atoms with van der Waals surface area (Å²) in [5.41, 5.74) is 2.85. The fourth-order valence-corrected chi connectivity index (χ4v) is 1.74. The molecule has 2 rings (SSSR count). The van der Waals surface area contributed by atoms with Crippen molar-refractivity contribution in [2.45, 2.75) is 26.7 Å². The molecule has 0 bridgehead atoms. The first-order chi connectivity index (χ1) is 6.59. The molecule has 1 heterocycles. The Hall–Kier alpha value is -1.38. The molecule has 1 aromatic heterocycles. The average molecular weight is 192 g/mol. The molecule has 0 saturated heterocycles. The number of fused-ring (bicyclic) bond motifs is 1. The number of H-pyrrole nitrogens is 1. The molecule has 3 heteroatoms. The van der Waals surface area contributed by atoms with E-state index in [1.807, 2.05) is 19.1 Å². The van der Waals surface area contributed by atoms with E-state index in [1.165, 1.54) is 0 Å². The highest BCUT2D eigenvalue weighted by molar-refractivity contribution is 5.83. The van der Waals surface area contributed by atoms with E-state index in [2.05, 4.69) is 24.0 Å². The quantitative estimate of drug-likeness (QED) is 0.738. The van der Waals surface area contributed by atoms with Gasteiger partial charge in [0.25, 0.3) is 0 Å². The molecule has 0 fully saturated rings. The molecule has 0 aliphatic heterocycles. The largest absolute Gasteiger partial charge is 0.252 e. The van der Waals surface area contributed by atoms with Gasteiger partial charge >= 0.3 is 0 Å². The van der Waals surface area contributed by atoms with Crippen molar-refractivity contribution in [1.29, 1.82) is 0 Å². The Kier molecular flexibility index (Phi) is 2.02. The Morgan fingerprint density at radius 1 is 1.36 bits per heavy atom. The second-order valence-electron chi connectivity index (χ2n) is 3.94. The van der Waals surface area contributed by atoms with Crippen molar-refractivity contribution in [1.82, 2.24) is 10.2 Å². The van der Waals surface area contributed by atoms with Crippen LogP contribution in [-0.4, -0.2) is 10.2 Å². The molecule has 0 atom stereocenters. The number of aromatic amines is 1. The van der Waals surface area contributed by atoms with E-state index in [9.17, 15) is 4.39 Å². The van der Waals surface area contributed by atoms with E-state index in [0.717, 1.165) is 11.1 Å². The van der Waals surface area contributed by atoms with E-state index in [4.69, 9.17) is 0 Å². The SMILES string of the molecule is Cc1cc(C(C)C)c2c(F)[nH]nc2c1. The topological polar surface area (TPSA) is 28.7 Å². The maximum absolute atomic E-state index is 13.4. The first-order valence-electron chi connectivity index (χ1n) is 4.73. The molecule has 1 aromatic carbocycles. The van der Waals surface area contributed by atoms with Crippen LogP contribution in [0.2, 0.25) is 0 Å². The number of rotatable bonds is 1. The monoisotopic (exact) mass is 192 g/mol. The van der Waals surface area contributed by atoms with Crippen molar-refractivity contribution in [2.24, 2.45) is 0 Å². The summed E-state index contributed by atoms with van der Waals surface area (Å²) >= 11 is 0. The van der Waals surface area contributed by atoms with Crippen LogP contribution in [0.1, 0.15) is 30.9 Å². The number of halogens is 1. The Morgan fingerprint density at radius 2 is 2.07 bits per heavy atom. The second kappa shape index (κ2) is 3.08. The predicted molar refractivity (Wildman–Crippen MR) is 54.9 cm³/mol. The molecule has 2 nitrogen and oxygen atoms in total. The Bertz CT molecular complexity index is 471. The molecule has 0 amide bonds. The zero-order valence-electron chi connectivity index (χ0n) is 8.56. The molecular weight excluding hydrogens is 179 g/mol. The number of aryl methyl sites for hydroxylation is 1. The number of nitrogens with one attached hydrogen (secondary N) is 1. The molecule has 0 spiro atoms. The van der Waals surface area contributed by atoms with Crippen molar-refractivity contribution >= 4 is 10.9 Å². The van der Waals surface area contributed by atoms with E-state index < -0.39 is 0 Å². The van der Waals surface area contributed by atoms with Crippen molar-refractivity contribution in [2.75, 3.05) is 0 Å².